The molecule has 0 aliphatic heterocycles. The fourth-order valence-electron chi connectivity index (χ4n) is 1.81. The zero-order valence-corrected chi connectivity index (χ0v) is 12.7. The van der Waals surface area contributed by atoms with Crippen LogP contribution in [0.3, 0.4) is 0 Å². The van der Waals surface area contributed by atoms with E-state index < -0.39 is 10.0 Å². The average Bonchev–Trinajstić information content (AvgIpc) is 2.37. The van der Waals surface area contributed by atoms with Gasteiger partial charge in [0.05, 0.1) is 11.5 Å². The van der Waals surface area contributed by atoms with E-state index in [9.17, 15) is 8.42 Å². The first kappa shape index (κ1) is 16.1. The highest BCUT2D eigenvalue weighted by Crippen LogP contribution is 2.20. The van der Waals surface area contributed by atoms with E-state index >= 15 is 0 Å². The van der Waals surface area contributed by atoms with E-state index in [1.54, 1.807) is 32.4 Å². The molecule has 0 saturated carbocycles. The number of rotatable bonds is 6. The van der Waals surface area contributed by atoms with Crippen molar-refractivity contribution in [1.82, 2.24) is 4.31 Å². The monoisotopic (exact) mass is 286 g/mol. The van der Waals surface area contributed by atoms with Crippen molar-refractivity contribution < 1.29 is 13.2 Å². The van der Waals surface area contributed by atoms with Gasteiger partial charge in [0, 0.05) is 26.7 Å². The normalized spacial score (nSPS) is 13.8. The molecule has 19 heavy (non-hydrogen) atoms. The number of hydrogen-bond acceptors (Lipinski definition) is 4. The van der Waals surface area contributed by atoms with Gasteiger partial charge in [-0.15, -0.1) is 0 Å². The molecule has 0 aliphatic carbocycles. The second-order valence-corrected chi connectivity index (χ2v) is 6.62. The summed E-state index contributed by atoms with van der Waals surface area (Å²) in [6.45, 7) is 4.43. The highest BCUT2D eigenvalue weighted by Gasteiger charge is 2.25. The quantitative estimate of drug-likeness (QED) is 0.850. The summed E-state index contributed by atoms with van der Waals surface area (Å²) in [5.74, 6) is 0. The number of hydrogen-bond donors (Lipinski definition) is 1. The van der Waals surface area contributed by atoms with Gasteiger partial charge in [-0.25, -0.2) is 8.42 Å². The van der Waals surface area contributed by atoms with E-state index in [1.165, 1.54) is 4.31 Å². The molecule has 0 radical (unpaired) electrons. The van der Waals surface area contributed by atoms with Crippen LogP contribution in [0.2, 0.25) is 0 Å². The van der Waals surface area contributed by atoms with Crippen LogP contribution in [0, 0.1) is 6.92 Å². The molecule has 1 unspecified atom stereocenters. The zero-order chi connectivity index (χ0) is 14.6. The lowest BCUT2D eigenvalue weighted by atomic mass is 10.1. The largest absolute Gasteiger partial charge is 0.383 e. The van der Waals surface area contributed by atoms with Gasteiger partial charge >= 0.3 is 0 Å². The van der Waals surface area contributed by atoms with Gasteiger partial charge in [-0.2, -0.15) is 4.31 Å². The van der Waals surface area contributed by atoms with E-state index in [1.807, 2.05) is 13.8 Å². The number of ether oxygens (including phenoxy) is 1. The van der Waals surface area contributed by atoms with Crippen LogP contribution in [0.25, 0.3) is 0 Å². The van der Waals surface area contributed by atoms with Crippen molar-refractivity contribution in [2.75, 3.05) is 20.8 Å². The Bertz CT molecular complexity index is 529. The third kappa shape index (κ3) is 3.54. The average molecular weight is 286 g/mol. The second-order valence-electron chi connectivity index (χ2n) is 4.62. The van der Waals surface area contributed by atoms with Gasteiger partial charge in [-0.1, -0.05) is 6.07 Å². The Morgan fingerprint density at radius 2 is 2.05 bits per heavy atom. The lowest BCUT2D eigenvalue weighted by Crippen LogP contribution is -2.37. The van der Waals surface area contributed by atoms with Crippen molar-refractivity contribution >= 4 is 10.0 Å². The zero-order valence-electron chi connectivity index (χ0n) is 11.9. The molecule has 0 aliphatic rings. The highest BCUT2D eigenvalue weighted by molar-refractivity contribution is 7.89. The van der Waals surface area contributed by atoms with Crippen LogP contribution in [0.1, 0.15) is 18.1 Å². The van der Waals surface area contributed by atoms with E-state index in [-0.39, 0.29) is 10.9 Å². The smallest absolute Gasteiger partial charge is 0.243 e. The summed E-state index contributed by atoms with van der Waals surface area (Å²) >= 11 is 0. The Hall–Kier alpha value is -0.950. The summed E-state index contributed by atoms with van der Waals surface area (Å²) in [6.07, 6.45) is 0. The van der Waals surface area contributed by atoms with Crippen LogP contribution in [0.15, 0.2) is 23.1 Å². The molecule has 0 aromatic heterocycles. The van der Waals surface area contributed by atoms with Crippen LogP contribution >= 0.6 is 0 Å². The maximum Gasteiger partial charge on any atom is 0.243 e. The van der Waals surface area contributed by atoms with Gasteiger partial charge in [-0.3, -0.25) is 0 Å². The van der Waals surface area contributed by atoms with E-state index in [0.717, 1.165) is 11.1 Å². The first-order chi connectivity index (χ1) is 8.84. The Kier molecular flexibility index (Phi) is 5.49. The summed E-state index contributed by atoms with van der Waals surface area (Å²) < 4.78 is 31.2. The number of likely N-dealkylation sites (N-methyl/N-ethyl adjacent to an activating group) is 1. The lowest BCUT2D eigenvalue weighted by Gasteiger charge is -2.24. The standard InChI is InChI=1S/C13H22N2O3S/c1-10-7-13(6-5-12(10)8-14)19(16,17)15(3)11(2)9-18-4/h5-7,11H,8-9,14H2,1-4H3. The van der Waals surface area contributed by atoms with Crippen molar-refractivity contribution in [3.05, 3.63) is 29.3 Å². The molecular weight excluding hydrogens is 264 g/mol. The van der Waals surface area contributed by atoms with Gasteiger partial charge in [-0.05, 0) is 37.1 Å². The Morgan fingerprint density at radius 3 is 2.53 bits per heavy atom. The van der Waals surface area contributed by atoms with Gasteiger partial charge in [0.25, 0.3) is 0 Å². The fraction of sp³-hybridized carbons (Fsp3) is 0.538. The molecule has 0 bridgehead atoms. The fourth-order valence-corrected chi connectivity index (χ4v) is 3.24. The van der Waals surface area contributed by atoms with E-state index in [0.29, 0.717) is 13.2 Å². The Balaban J connectivity index is 3.10. The summed E-state index contributed by atoms with van der Waals surface area (Å²) in [4.78, 5) is 0.285. The molecule has 1 rings (SSSR count). The predicted octanol–water partition coefficient (Wildman–Crippen LogP) is 1.11. The minimum atomic E-state index is -3.50. The lowest BCUT2D eigenvalue weighted by molar-refractivity contribution is 0.149. The van der Waals surface area contributed by atoms with Crippen LogP contribution in [-0.4, -0.2) is 39.5 Å². The minimum Gasteiger partial charge on any atom is -0.383 e. The first-order valence-electron chi connectivity index (χ1n) is 6.11. The molecule has 6 heteroatoms. The van der Waals surface area contributed by atoms with Gasteiger partial charge in [0.2, 0.25) is 10.0 Å². The van der Waals surface area contributed by atoms with Gasteiger partial charge in [0.1, 0.15) is 0 Å². The maximum absolute atomic E-state index is 12.4. The number of methoxy groups -OCH3 is 1. The molecule has 1 atom stereocenters. The Labute approximate surface area is 115 Å². The summed E-state index contributed by atoms with van der Waals surface area (Å²) in [6, 6.07) is 4.80. The minimum absolute atomic E-state index is 0.218. The third-order valence-corrected chi connectivity index (χ3v) is 5.21. The summed E-state index contributed by atoms with van der Waals surface area (Å²) in [5.41, 5.74) is 7.42. The van der Waals surface area contributed by atoms with Crippen molar-refractivity contribution in [2.24, 2.45) is 5.73 Å². The molecule has 1 aromatic carbocycles. The van der Waals surface area contributed by atoms with Crippen LogP contribution in [0.4, 0.5) is 0 Å². The van der Waals surface area contributed by atoms with Crippen molar-refractivity contribution in [3.63, 3.8) is 0 Å². The highest BCUT2D eigenvalue weighted by atomic mass is 32.2. The van der Waals surface area contributed by atoms with Crippen molar-refractivity contribution in [3.8, 4) is 0 Å². The van der Waals surface area contributed by atoms with Gasteiger partial charge in [0.15, 0.2) is 0 Å². The van der Waals surface area contributed by atoms with Crippen molar-refractivity contribution in [2.45, 2.75) is 31.3 Å². The number of sulfonamides is 1. The molecule has 0 heterocycles. The molecule has 0 fully saturated rings. The molecule has 1 aromatic rings. The van der Waals surface area contributed by atoms with Gasteiger partial charge < -0.3 is 10.5 Å². The molecule has 108 valence electrons. The van der Waals surface area contributed by atoms with Crippen LogP contribution in [-0.2, 0) is 21.3 Å². The molecule has 0 amide bonds. The van der Waals surface area contributed by atoms with E-state index in [2.05, 4.69) is 0 Å². The first-order valence-corrected chi connectivity index (χ1v) is 7.55. The van der Waals surface area contributed by atoms with E-state index in [4.69, 9.17) is 10.5 Å². The summed E-state index contributed by atoms with van der Waals surface area (Å²) in [7, 11) is -0.382. The molecule has 5 nitrogen and oxygen atoms in total. The molecule has 2 N–H and O–H groups in total. The Morgan fingerprint density at radius 1 is 1.42 bits per heavy atom. The predicted molar refractivity (Wildman–Crippen MR) is 75.4 cm³/mol. The maximum atomic E-state index is 12.4. The second kappa shape index (κ2) is 6.47. The molecular formula is C13H22N2O3S. The number of nitrogens with zero attached hydrogens (tertiary/aromatic N) is 1. The third-order valence-electron chi connectivity index (χ3n) is 3.24. The van der Waals surface area contributed by atoms with Crippen LogP contribution < -0.4 is 5.73 Å². The van der Waals surface area contributed by atoms with Crippen molar-refractivity contribution in [1.29, 1.82) is 0 Å². The number of nitrogens with two attached hydrogens (primary N) is 1. The molecule has 0 saturated heterocycles. The summed E-state index contributed by atoms with van der Waals surface area (Å²) in [5, 5.41) is 0. The molecule has 0 spiro atoms. The van der Waals surface area contributed by atoms with Crippen LogP contribution in [0.5, 0.6) is 0 Å². The SMILES string of the molecule is COCC(C)N(C)S(=O)(=O)c1ccc(CN)c(C)c1. The number of aryl methyl sites for hydroxylation is 1. The number of benzene rings is 1. The topological polar surface area (TPSA) is 72.6 Å².